The van der Waals surface area contributed by atoms with E-state index in [0.717, 1.165) is 0 Å². The van der Waals surface area contributed by atoms with Crippen molar-refractivity contribution in [3.05, 3.63) is 29.1 Å². The quantitative estimate of drug-likeness (QED) is 0.667. The van der Waals surface area contributed by atoms with E-state index in [9.17, 15) is 4.79 Å². The molecule has 0 bridgehead atoms. The van der Waals surface area contributed by atoms with Crippen molar-refractivity contribution < 1.29 is 9.90 Å². The van der Waals surface area contributed by atoms with Crippen LogP contribution in [-0.2, 0) is 0 Å². The summed E-state index contributed by atoms with van der Waals surface area (Å²) >= 11 is 0. The molecule has 0 radical (unpaired) electrons. The number of carboxylic acids is 1. The molecule has 0 aliphatic heterocycles. The summed E-state index contributed by atoms with van der Waals surface area (Å²) < 4.78 is 0. The number of hydrogen-bond donors (Lipinski definition) is 1. The van der Waals surface area contributed by atoms with Gasteiger partial charge in [-0.15, -0.1) is 0 Å². The molecule has 12 heavy (non-hydrogen) atoms. The van der Waals surface area contributed by atoms with E-state index in [1.807, 2.05) is 0 Å². The maximum absolute atomic E-state index is 10.5. The molecule has 0 saturated heterocycles. The third kappa shape index (κ3) is 1.40. The Morgan fingerprint density at radius 2 is 2.33 bits per heavy atom. The number of nitrogens with zero attached hydrogens (tertiary/aromatic N) is 2. The molecule has 0 fully saturated rings. The van der Waals surface area contributed by atoms with Crippen molar-refractivity contribution in [3.63, 3.8) is 0 Å². The van der Waals surface area contributed by atoms with Crippen molar-refractivity contribution in [3.8, 4) is 6.07 Å². The second kappa shape index (κ2) is 3.01. The monoisotopic (exact) mass is 162 g/mol. The molecule has 0 aromatic carbocycles. The zero-order valence-electron chi connectivity index (χ0n) is 6.40. The van der Waals surface area contributed by atoms with Crippen LogP contribution in [0.15, 0.2) is 12.1 Å². The van der Waals surface area contributed by atoms with Crippen LogP contribution >= 0.6 is 0 Å². The van der Waals surface area contributed by atoms with E-state index in [-0.39, 0.29) is 11.4 Å². The fraction of sp³-hybridized carbons (Fsp3) is 0.125. The van der Waals surface area contributed by atoms with Gasteiger partial charge in [0.1, 0.15) is 11.8 Å². The second-order valence-corrected chi connectivity index (χ2v) is 2.28. The first-order valence-electron chi connectivity index (χ1n) is 3.26. The second-order valence-electron chi connectivity index (χ2n) is 2.28. The van der Waals surface area contributed by atoms with Crippen LogP contribution in [0.5, 0.6) is 0 Å². The van der Waals surface area contributed by atoms with Gasteiger partial charge in [0, 0.05) is 0 Å². The van der Waals surface area contributed by atoms with Crippen LogP contribution in [0.4, 0.5) is 0 Å². The van der Waals surface area contributed by atoms with Gasteiger partial charge in [-0.2, -0.15) is 5.26 Å². The van der Waals surface area contributed by atoms with Crippen LogP contribution in [0, 0.1) is 18.3 Å². The van der Waals surface area contributed by atoms with Gasteiger partial charge in [-0.3, -0.25) is 0 Å². The van der Waals surface area contributed by atoms with Crippen molar-refractivity contribution in [2.75, 3.05) is 0 Å². The Balaban J connectivity index is 3.28. The number of hydrogen-bond acceptors (Lipinski definition) is 3. The third-order valence-electron chi connectivity index (χ3n) is 1.41. The maximum atomic E-state index is 10.5. The molecule has 0 aliphatic carbocycles. The number of aromatic carboxylic acids is 1. The molecule has 1 rings (SSSR count). The van der Waals surface area contributed by atoms with Gasteiger partial charge in [-0.1, -0.05) is 6.07 Å². The fourth-order valence-electron chi connectivity index (χ4n) is 0.808. The van der Waals surface area contributed by atoms with Gasteiger partial charge < -0.3 is 5.11 Å². The molecule has 4 nitrogen and oxygen atoms in total. The smallest absolute Gasteiger partial charge is 0.354 e. The largest absolute Gasteiger partial charge is 0.477 e. The molecule has 0 spiro atoms. The summed E-state index contributed by atoms with van der Waals surface area (Å²) in [6, 6.07) is 4.83. The first kappa shape index (κ1) is 8.21. The Morgan fingerprint density at radius 3 is 2.83 bits per heavy atom. The van der Waals surface area contributed by atoms with Crippen LogP contribution in [0.1, 0.15) is 21.7 Å². The molecule has 1 aromatic rings. The number of pyridine rings is 1. The van der Waals surface area contributed by atoms with Gasteiger partial charge in [0.2, 0.25) is 0 Å². The average Bonchev–Trinajstić information content (AvgIpc) is 2.05. The Bertz CT molecular complexity index is 366. The van der Waals surface area contributed by atoms with Crippen molar-refractivity contribution in [2.24, 2.45) is 0 Å². The van der Waals surface area contributed by atoms with Gasteiger partial charge >= 0.3 is 5.97 Å². The lowest BCUT2D eigenvalue weighted by atomic mass is 10.2. The molecule has 0 aliphatic rings. The molecule has 1 heterocycles. The van der Waals surface area contributed by atoms with E-state index in [2.05, 4.69) is 4.98 Å². The zero-order valence-corrected chi connectivity index (χ0v) is 6.40. The van der Waals surface area contributed by atoms with Gasteiger partial charge in [0.15, 0.2) is 5.69 Å². The molecular weight excluding hydrogens is 156 g/mol. The van der Waals surface area contributed by atoms with Gasteiger partial charge in [0.25, 0.3) is 0 Å². The summed E-state index contributed by atoms with van der Waals surface area (Å²) in [4.78, 5) is 14.1. The van der Waals surface area contributed by atoms with Gasteiger partial charge in [-0.05, 0) is 18.6 Å². The number of rotatable bonds is 1. The lowest BCUT2D eigenvalue weighted by Gasteiger charge is -1.97. The number of aryl methyl sites for hydroxylation is 1. The van der Waals surface area contributed by atoms with E-state index in [0.29, 0.717) is 5.56 Å². The molecule has 0 unspecified atom stereocenters. The van der Waals surface area contributed by atoms with E-state index in [1.165, 1.54) is 6.07 Å². The number of nitriles is 1. The van der Waals surface area contributed by atoms with E-state index in [4.69, 9.17) is 10.4 Å². The van der Waals surface area contributed by atoms with Crippen molar-refractivity contribution in [1.82, 2.24) is 4.98 Å². The first-order valence-corrected chi connectivity index (χ1v) is 3.26. The Morgan fingerprint density at radius 1 is 1.67 bits per heavy atom. The lowest BCUT2D eigenvalue weighted by molar-refractivity contribution is 0.0689. The van der Waals surface area contributed by atoms with Crippen LogP contribution in [0.25, 0.3) is 0 Å². The molecule has 0 saturated carbocycles. The van der Waals surface area contributed by atoms with Crippen LogP contribution in [0.3, 0.4) is 0 Å². The Hall–Kier alpha value is -1.89. The normalized spacial score (nSPS) is 9.00. The summed E-state index contributed by atoms with van der Waals surface area (Å²) in [6.45, 7) is 1.64. The van der Waals surface area contributed by atoms with Gasteiger partial charge in [-0.25, -0.2) is 9.78 Å². The molecule has 4 heteroatoms. The number of carboxylic acid groups (broad SMARTS) is 1. The van der Waals surface area contributed by atoms with Crippen LogP contribution in [0.2, 0.25) is 0 Å². The van der Waals surface area contributed by atoms with Crippen molar-refractivity contribution >= 4 is 5.97 Å². The highest BCUT2D eigenvalue weighted by Gasteiger charge is 2.08. The fourth-order valence-corrected chi connectivity index (χ4v) is 0.808. The zero-order chi connectivity index (χ0) is 9.14. The molecule has 0 amide bonds. The minimum Gasteiger partial charge on any atom is -0.477 e. The Kier molecular flexibility index (Phi) is 2.06. The molecule has 60 valence electrons. The predicted octanol–water partition coefficient (Wildman–Crippen LogP) is 0.960. The highest BCUT2D eigenvalue weighted by atomic mass is 16.4. The summed E-state index contributed by atoms with van der Waals surface area (Å²) in [7, 11) is 0. The number of aromatic nitrogens is 1. The highest BCUT2D eigenvalue weighted by molar-refractivity contribution is 5.87. The minimum absolute atomic E-state index is 0.0611. The molecule has 0 atom stereocenters. The van der Waals surface area contributed by atoms with Gasteiger partial charge in [0.05, 0.1) is 0 Å². The van der Waals surface area contributed by atoms with Crippen LogP contribution in [-0.4, -0.2) is 16.1 Å². The minimum atomic E-state index is -1.11. The summed E-state index contributed by atoms with van der Waals surface area (Å²) in [5, 5.41) is 17.0. The summed E-state index contributed by atoms with van der Waals surface area (Å²) in [5.41, 5.74) is 0.619. The topological polar surface area (TPSA) is 74.0 Å². The summed E-state index contributed by atoms with van der Waals surface area (Å²) in [6.07, 6.45) is 0. The maximum Gasteiger partial charge on any atom is 0.354 e. The predicted molar refractivity (Wildman–Crippen MR) is 40.6 cm³/mol. The standard InChI is InChI=1S/C8H6N2O2/c1-5-2-3-6(4-9)10-7(5)8(11)12/h2-3H,1H3,(H,11,12). The van der Waals surface area contributed by atoms with Crippen LogP contribution < -0.4 is 0 Å². The molecular formula is C8H6N2O2. The average molecular weight is 162 g/mol. The first-order chi connectivity index (χ1) is 5.65. The lowest BCUT2D eigenvalue weighted by Crippen LogP contribution is -2.04. The molecule has 1 N–H and O–H groups in total. The molecule has 1 aromatic heterocycles. The SMILES string of the molecule is Cc1ccc(C#N)nc1C(=O)O. The van der Waals surface area contributed by atoms with Crippen molar-refractivity contribution in [1.29, 1.82) is 5.26 Å². The van der Waals surface area contributed by atoms with E-state index < -0.39 is 5.97 Å². The van der Waals surface area contributed by atoms with E-state index in [1.54, 1.807) is 19.1 Å². The van der Waals surface area contributed by atoms with E-state index >= 15 is 0 Å². The number of carbonyl (C=O) groups is 1. The third-order valence-corrected chi connectivity index (χ3v) is 1.41. The Labute approximate surface area is 69.1 Å². The highest BCUT2D eigenvalue weighted by Crippen LogP contribution is 2.05. The van der Waals surface area contributed by atoms with Crippen molar-refractivity contribution in [2.45, 2.75) is 6.92 Å². The summed E-state index contributed by atoms with van der Waals surface area (Å²) in [5.74, 6) is -1.11.